The summed E-state index contributed by atoms with van der Waals surface area (Å²) in [7, 11) is -0.714. The first-order valence-electron chi connectivity index (χ1n) is 9.16. The molecule has 2 aromatic carbocycles. The summed E-state index contributed by atoms with van der Waals surface area (Å²) in [6.45, 7) is 0.842. The maximum Gasteiger partial charge on any atom is 0.295 e. The van der Waals surface area contributed by atoms with Gasteiger partial charge in [0.05, 0.1) is 30.3 Å². The van der Waals surface area contributed by atoms with Crippen LogP contribution in [0.4, 0.5) is 11.4 Å². The molecule has 1 aliphatic rings. The molecule has 160 valence electrons. The van der Waals surface area contributed by atoms with E-state index >= 15 is 0 Å². The van der Waals surface area contributed by atoms with Crippen molar-refractivity contribution in [3.8, 4) is 11.5 Å². The zero-order valence-corrected chi connectivity index (χ0v) is 17.4. The van der Waals surface area contributed by atoms with Gasteiger partial charge in [0.2, 0.25) is 10.0 Å². The van der Waals surface area contributed by atoms with Crippen LogP contribution in [0.1, 0.15) is 18.4 Å². The molecule has 0 aromatic heterocycles. The van der Waals surface area contributed by atoms with E-state index < -0.39 is 14.9 Å². The Kier molecular flexibility index (Phi) is 6.53. The number of sulfonamides is 1. The molecule has 0 aliphatic carbocycles. The summed E-state index contributed by atoms with van der Waals surface area (Å²) in [5.74, 6) is 1.13. The second-order valence-corrected chi connectivity index (χ2v) is 8.46. The molecule has 1 aliphatic heterocycles. The van der Waals surface area contributed by atoms with Crippen LogP contribution in [0.5, 0.6) is 11.5 Å². The van der Waals surface area contributed by atoms with Crippen molar-refractivity contribution in [1.29, 1.82) is 0 Å². The minimum atomic E-state index is -3.76. The van der Waals surface area contributed by atoms with Crippen LogP contribution >= 0.6 is 0 Å². The molecule has 1 heterocycles. The van der Waals surface area contributed by atoms with E-state index in [2.05, 4.69) is 10.5 Å². The van der Waals surface area contributed by atoms with Gasteiger partial charge in [0, 0.05) is 30.8 Å². The van der Waals surface area contributed by atoms with E-state index in [-0.39, 0.29) is 16.3 Å². The SMILES string of the molecule is COc1ccc(/C=N\Nc2ccc(S(=O)(=O)N3CCCC3)cc2[N+](=O)[O-])c(OC)c1. The smallest absolute Gasteiger partial charge is 0.295 e. The number of benzene rings is 2. The molecule has 0 spiro atoms. The molecule has 0 atom stereocenters. The van der Waals surface area contributed by atoms with Gasteiger partial charge in [0.1, 0.15) is 17.2 Å². The number of methoxy groups -OCH3 is 2. The molecule has 11 heteroatoms. The van der Waals surface area contributed by atoms with Gasteiger partial charge >= 0.3 is 0 Å². The molecule has 0 radical (unpaired) electrons. The van der Waals surface area contributed by atoms with Gasteiger partial charge in [-0.1, -0.05) is 0 Å². The van der Waals surface area contributed by atoms with E-state index in [0.29, 0.717) is 30.2 Å². The normalized spacial score (nSPS) is 14.7. The number of rotatable bonds is 8. The van der Waals surface area contributed by atoms with Crippen LogP contribution in [-0.2, 0) is 10.0 Å². The summed E-state index contributed by atoms with van der Waals surface area (Å²) in [6.07, 6.45) is 3.01. The van der Waals surface area contributed by atoms with Crippen molar-refractivity contribution in [3.63, 3.8) is 0 Å². The van der Waals surface area contributed by atoms with Crippen molar-refractivity contribution >= 4 is 27.6 Å². The summed E-state index contributed by atoms with van der Waals surface area (Å²) in [5.41, 5.74) is 2.92. The fourth-order valence-electron chi connectivity index (χ4n) is 3.09. The van der Waals surface area contributed by atoms with Crippen LogP contribution in [-0.4, -0.2) is 51.2 Å². The molecule has 1 fully saturated rings. The lowest BCUT2D eigenvalue weighted by Gasteiger charge is -2.15. The van der Waals surface area contributed by atoms with E-state index in [1.54, 1.807) is 18.2 Å². The quantitative estimate of drug-likeness (QED) is 0.385. The fourth-order valence-corrected chi connectivity index (χ4v) is 4.63. The zero-order valence-electron chi connectivity index (χ0n) is 16.6. The minimum Gasteiger partial charge on any atom is -0.497 e. The molecular weight excluding hydrogens is 412 g/mol. The molecule has 0 saturated carbocycles. The first-order valence-corrected chi connectivity index (χ1v) is 10.6. The average Bonchev–Trinajstić information content (AvgIpc) is 3.29. The van der Waals surface area contributed by atoms with E-state index in [9.17, 15) is 18.5 Å². The highest BCUT2D eigenvalue weighted by Crippen LogP contribution is 2.30. The van der Waals surface area contributed by atoms with Crippen LogP contribution in [0.3, 0.4) is 0 Å². The molecule has 0 amide bonds. The molecule has 10 nitrogen and oxygen atoms in total. The van der Waals surface area contributed by atoms with Crippen molar-refractivity contribution in [2.75, 3.05) is 32.7 Å². The Morgan fingerprint density at radius 3 is 2.50 bits per heavy atom. The predicted octanol–water partition coefficient (Wildman–Crippen LogP) is 2.84. The van der Waals surface area contributed by atoms with Crippen LogP contribution in [0.2, 0.25) is 0 Å². The number of nitro groups is 1. The zero-order chi connectivity index (χ0) is 21.7. The van der Waals surface area contributed by atoms with Crippen LogP contribution in [0.25, 0.3) is 0 Å². The molecule has 2 aromatic rings. The molecule has 30 heavy (non-hydrogen) atoms. The van der Waals surface area contributed by atoms with Crippen molar-refractivity contribution in [2.45, 2.75) is 17.7 Å². The largest absolute Gasteiger partial charge is 0.497 e. The summed E-state index contributed by atoms with van der Waals surface area (Å²) >= 11 is 0. The molecule has 3 rings (SSSR count). The lowest BCUT2D eigenvalue weighted by molar-refractivity contribution is -0.384. The predicted molar refractivity (Wildman–Crippen MR) is 112 cm³/mol. The number of hydrogen-bond acceptors (Lipinski definition) is 8. The number of hydrazone groups is 1. The highest BCUT2D eigenvalue weighted by Gasteiger charge is 2.29. The summed E-state index contributed by atoms with van der Waals surface area (Å²) in [6, 6.07) is 8.87. The van der Waals surface area contributed by atoms with Gasteiger partial charge in [0.15, 0.2) is 0 Å². The standard InChI is InChI=1S/C19H22N4O6S/c1-28-15-6-5-14(19(11-15)29-2)13-20-21-17-8-7-16(12-18(17)23(24)25)30(26,27)22-9-3-4-10-22/h5-8,11-13,21H,3-4,9-10H2,1-2H3/b20-13-. The first kappa shape index (κ1) is 21.5. The molecule has 0 bridgehead atoms. The van der Waals surface area contributed by atoms with Gasteiger partial charge in [-0.3, -0.25) is 15.5 Å². The maximum absolute atomic E-state index is 12.7. The second-order valence-electron chi connectivity index (χ2n) is 6.53. The maximum atomic E-state index is 12.7. The third-order valence-corrected chi connectivity index (χ3v) is 6.59. The van der Waals surface area contributed by atoms with E-state index in [1.807, 2.05) is 0 Å². The number of nitrogens with zero attached hydrogens (tertiary/aromatic N) is 3. The Labute approximate surface area is 174 Å². The average molecular weight is 434 g/mol. The van der Waals surface area contributed by atoms with E-state index in [4.69, 9.17) is 9.47 Å². The Balaban J connectivity index is 1.84. The molecule has 1 N–H and O–H groups in total. The number of nitrogens with one attached hydrogen (secondary N) is 1. The van der Waals surface area contributed by atoms with Crippen molar-refractivity contribution < 1.29 is 22.8 Å². The van der Waals surface area contributed by atoms with Crippen molar-refractivity contribution in [2.24, 2.45) is 5.10 Å². The van der Waals surface area contributed by atoms with E-state index in [0.717, 1.165) is 18.9 Å². The van der Waals surface area contributed by atoms with Crippen LogP contribution < -0.4 is 14.9 Å². The third kappa shape index (κ3) is 4.52. The van der Waals surface area contributed by atoms with Gasteiger partial charge in [-0.2, -0.15) is 9.41 Å². The Bertz CT molecular complexity index is 1060. The summed E-state index contributed by atoms with van der Waals surface area (Å²) in [5, 5.41) is 15.5. The lowest BCUT2D eigenvalue weighted by atomic mass is 10.2. The molecule has 0 unspecified atom stereocenters. The van der Waals surface area contributed by atoms with Gasteiger partial charge in [-0.05, 0) is 37.1 Å². The minimum absolute atomic E-state index is 0.0732. The summed E-state index contributed by atoms with van der Waals surface area (Å²) < 4.78 is 37.1. The van der Waals surface area contributed by atoms with Gasteiger partial charge in [-0.15, -0.1) is 0 Å². The number of hydrogen-bond donors (Lipinski definition) is 1. The molecule has 1 saturated heterocycles. The Morgan fingerprint density at radius 1 is 1.13 bits per heavy atom. The Morgan fingerprint density at radius 2 is 1.87 bits per heavy atom. The third-order valence-electron chi connectivity index (χ3n) is 4.70. The fraction of sp³-hybridized carbons (Fsp3) is 0.316. The van der Waals surface area contributed by atoms with Crippen molar-refractivity contribution in [1.82, 2.24) is 4.31 Å². The van der Waals surface area contributed by atoms with E-state index in [1.165, 1.54) is 36.9 Å². The second kappa shape index (κ2) is 9.09. The number of ether oxygens (including phenoxy) is 2. The van der Waals surface area contributed by atoms with Gasteiger partial charge in [0.25, 0.3) is 5.69 Å². The van der Waals surface area contributed by atoms with Crippen molar-refractivity contribution in [3.05, 3.63) is 52.1 Å². The topological polar surface area (TPSA) is 123 Å². The first-order chi connectivity index (χ1) is 14.4. The van der Waals surface area contributed by atoms with Gasteiger partial charge in [-0.25, -0.2) is 8.42 Å². The molecular formula is C19H22N4O6S. The highest BCUT2D eigenvalue weighted by molar-refractivity contribution is 7.89. The Hall–Kier alpha value is -3.18. The monoisotopic (exact) mass is 434 g/mol. The van der Waals surface area contributed by atoms with Crippen LogP contribution in [0.15, 0.2) is 46.4 Å². The number of nitro benzene ring substituents is 1. The van der Waals surface area contributed by atoms with Crippen LogP contribution in [0, 0.1) is 10.1 Å². The van der Waals surface area contributed by atoms with Gasteiger partial charge < -0.3 is 9.47 Å². The summed E-state index contributed by atoms with van der Waals surface area (Å²) in [4.78, 5) is 10.7. The highest BCUT2D eigenvalue weighted by atomic mass is 32.2. The lowest BCUT2D eigenvalue weighted by Crippen LogP contribution is -2.27. The number of anilines is 1.